The second-order valence-electron chi connectivity index (χ2n) is 16.5. The Morgan fingerprint density at radius 1 is 0.745 bits per heavy atom. The van der Waals surface area contributed by atoms with Crippen LogP contribution in [0.1, 0.15) is 119 Å². The summed E-state index contributed by atoms with van der Waals surface area (Å²) in [5.41, 5.74) is 11.4. The zero-order chi connectivity index (χ0) is 32.7. The number of carbonyl (C=O) groups excluding carboxylic acids is 2. The fraction of sp³-hybridized carbons (Fsp3) is 0.650. The number of ether oxygens (including phenoxy) is 2. The van der Waals surface area contributed by atoms with Gasteiger partial charge in [0.25, 0.3) is 0 Å². The molecule has 6 aliphatic rings. The van der Waals surface area contributed by atoms with Gasteiger partial charge in [0, 0.05) is 0 Å². The van der Waals surface area contributed by atoms with Gasteiger partial charge in [-0.25, -0.2) is 4.79 Å². The van der Waals surface area contributed by atoms with Crippen LogP contribution in [-0.2, 0) is 22.4 Å². The van der Waals surface area contributed by atoms with Gasteiger partial charge in [-0.2, -0.15) is 0 Å². The smallest absolute Gasteiger partial charge is 0.328 e. The van der Waals surface area contributed by atoms with Crippen LogP contribution in [0, 0.1) is 34.5 Å². The number of rotatable bonds is 5. The van der Waals surface area contributed by atoms with Crippen LogP contribution in [0.2, 0.25) is 0 Å². The van der Waals surface area contributed by atoms with Crippen LogP contribution in [0.4, 0.5) is 0 Å². The fourth-order valence-corrected chi connectivity index (χ4v) is 11.8. The van der Waals surface area contributed by atoms with Crippen molar-refractivity contribution < 1.29 is 29.3 Å². The zero-order valence-corrected chi connectivity index (χ0v) is 28.0. The quantitative estimate of drug-likeness (QED) is 0.257. The fourth-order valence-electron chi connectivity index (χ4n) is 11.8. The number of esters is 2. The Hall–Kier alpha value is -2.74. The Morgan fingerprint density at radius 2 is 1.23 bits per heavy atom. The zero-order valence-electron chi connectivity index (χ0n) is 28.0. The topological polar surface area (TPSA) is 119 Å². The van der Waals surface area contributed by atoms with E-state index in [4.69, 9.17) is 15.2 Å². The minimum Gasteiger partial charge on any atom is -0.426 e. The van der Waals surface area contributed by atoms with Crippen LogP contribution in [0.15, 0.2) is 36.4 Å². The van der Waals surface area contributed by atoms with E-state index in [-0.39, 0.29) is 29.5 Å². The summed E-state index contributed by atoms with van der Waals surface area (Å²) < 4.78 is 11.4. The molecule has 4 saturated carbocycles. The van der Waals surface area contributed by atoms with Crippen LogP contribution in [-0.4, -0.2) is 40.4 Å². The molecule has 0 saturated heterocycles. The summed E-state index contributed by atoms with van der Waals surface area (Å²) in [5, 5.41) is 21.4. The highest BCUT2D eigenvalue weighted by Gasteiger charge is 2.55. The highest BCUT2D eigenvalue weighted by atomic mass is 16.5. The van der Waals surface area contributed by atoms with Crippen molar-refractivity contribution in [2.24, 2.45) is 40.2 Å². The van der Waals surface area contributed by atoms with Gasteiger partial charge in [-0.3, -0.25) is 4.79 Å². The van der Waals surface area contributed by atoms with Crippen molar-refractivity contribution in [3.8, 4) is 11.5 Å². The van der Waals surface area contributed by atoms with E-state index in [1.165, 1.54) is 22.3 Å². The molecule has 11 atom stereocenters. The van der Waals surface area contributed by atoms with Crippen molar-refractivity contribution in [1.82, 2.24) is 0 Å². The molecule has 0 aliphatic heterocycles. The predicted octanol–water partition coefficient (Wildman–Crippen LogP) is 6.35. The first kappa shape index (κ1) is 31.5. The lowest BCUT2D eigenvalue weighted by Gasteiger charge is -2.50. The largest absolute Gasteiger partial charge is 0.426 e. The number of benzene rings is 2. The Kier molecular flexibility index (Phi) is 7.85. The number of aliphatic hydroxyl groups excluding tert-OH is 2. The van der Waals surface area contributed by atoms with Crippen LogP contribution in [0.3, 0.4) is 0 Å². The summed E-state index contributed by atoms with van der Waals surface area (Å²) >= 11 is 0. The molecule has 7 nitrogen and oxygen atoms in total. The maximum atomic E-state index is 12.9. The Bertz CT molecular complexity index is 1570. The molecule has 4 fully saturated rings. The Morgan fingerprint density at radius 3 is 1.74 bits per heavy atom. The molecule has 47 heavy (non-hydrogen) atoms. The SMILES string of the molecule is C[C@]12CCC3c4ccc(OC(=O)CC(N)C(=O)Oc5ccc6c(c5)CCC5C6CC[C@@]6(C)C5CC[C@@H]6O)cc4CCC3C1CC[C@@H]2O. The molecule has 0 aromatic heterocycles. The second kappa shape index (κ2) is 11.7. The Labute approximate surface area is 278 Å². The monoisotopic (exact) mass is 641 g/mol. The molecule has 252 valence electrons. The van der Waals surface area contributed by atoms with Gasteiger partial charge < -0.3 is 25.4 Å². The molecule has 7 heteroatoms. The minimum atomic E-state index is -1.12. The van der Waals surface area contributed by atoms with E-state index in [9.17, 15) is 19.8 Å². The molecule has 8 rings (SSSR count). The third-order valence-electron chi connectivity index (χ3n) is 14.4. The van der Waals surface area contributed by atoms with Crippen LogP contribution < -0.4 is 15.2 Å². The first-order chi connectivity index (χ1) is 22.5. The van der Waals surface area contributed by atoms with Gasteiger partial charge >= 0.3 is 11.9 Å². The van der Waals surface area contributed by atoms with E-state index in [1.807, 2.05) is 24.3 Å². The molecule has 0 amide bonds. The van der Waals surface area contributed by atoms with E-state index in [0.29, 0.717) is 47.0 Å². The summed E-state index contributed by atoms with van der Waals surface area (Å²) in [5.74, 6) is 3.13. The van der Waals surface area contributed by atoms with Gasteiger partial charge in [0.2, 0.25) is 0 Å². The van der Waals surface area contributed by atoms with Crippen LogP contribution >= 0.6 is 0 Å². The number of nitrogens with two attached hydrogens (primary N) is 1. The molecule has 4 N–H and O–H groups in total. The lowest BCUT2D eigenvalue weighted by Crippen LogP contribution is -2.43. The molecule has 2 aromatic rings. The third-order valence-corrected chi connectivity index (χ3v) is 14.4. The van der Waals surface area contributed by atoms with E-state index in [0.717, 1.165) is 77.0 Å². The first-order valence-corrected chi connectivity index (χ1v) is 18.3. The summed E-state index contributed by atoms with van der Waals surface area (Å²) in [6, 6.07) is 10.8. The number of carbonyl (C=O) groups is 2. The Balaban J connectivity index is 0.868. The summed E-state index contributed by atoms with van der Waals surface area (Å²) in [6.45, 7) is 4.58. The van der Waals surface area contributed by atoms with Crippen molar-refractivity contribution >= 4 is 11.9 Å². The minimum absolute atomic E-state index is 0.0495. The molecule has 7 unspecified atom stereocenters. The van der Waals surface area contributed by atoms with Crippen LogP contribution in [0.5, 0.6) is 11.5 Å². The molecule has 0 bridgehead atoms. The number of aryl methyl sites for hydroxylation is 2. The highest BCUT2D eigenvalue weighted by Crippen LogP contribution is 2.62. The van der Waals surface area contributed by atoms with Gasteiger partial charge in [0.15, 0.2) is 0 Å². The molecule has 2 aromatic carbocycles. The number of hydrogen-bond acceptors (Lipinski definition) is 7. The molecule has 0 radical (unpaired) electrons. The van der Waals surface area contributed by atoms with Crippen LogP contribution in [0.25, 0.3) is 0 Å². The van der Waals surface area contributed by atoms with E-state index in [2.05, 4.69) is 26.0 Å². The average molecular weight is 642 g/mol. The van der Waals surface area contributed by atoms with Crippen molar-refractivity contribution in [2.75, 3.05) is 0 Å². The number of aliphatic hydroxyl groups is 2. The normalized spacial score (nSPS) is 38.9. The van der Waals surface area contributed by atoms with Crippen molar-refractivity contribution in [2.45, 2.75) is 127 Å². The molecule has 6 aliphatic carbocycles. The summed E-state index contributed by atoms with van der Waals surface area (Å²) in [7, 11) is 0. The maximum Gasteiger partial charge on any atom is 0.328 e. The third kappa shape index (κ3) is 5.18. The van der Waals surface area contributed by atoms with Gasteiger partial charge in [-0.1, -0.05) is 26.0 Å². The summed E-state index contributed by atoms with van der Waals surface area (Å²) in [4.78, 5) is 25.8. The van der Waals surface area contributed by atoms with Gasteiger partial charge in [-0.05, 0) is 170 Å². The van der Waals surface area contributed by atoms with E-state index in [1.54, 1.807) is 0 Å². The van der Waals surface area contributed by atoms with Crippen molar-refractivity contribution in [3.05, 3.63) is 58.7 Å². The average Bonchev–Trinajstić information content (AvgIpc) is 3.54. The number of fused-ring (bicyclic) bond motifs is 10. The molecule has 0 spiro atoms. The first-order valence-electron chi connectivity index (χ1n) is 18.3. The van der Waals surface area contributed by atoms with E-state index < -0.39 is 18.0 Å². The molecule has 0 heterocycles. The van der Waals surface area contributed by atoms with E-state index >= 15 is 0 Å². The molecular weight excluding hydrogens is 590 g/mol. The van der Waals surface area contributed by atoms with Gasteiger partial charge in [0.1, 0.15) is 17.5 Å². The second-order valence-corrected chi connectivity index (χ2v) is 16.5. The predicted molar refractivity (Wildman–Crippen MR) is 178 cm³/mol. The summed E-state index contributed by atoms with van der Waals surface area (Å²) in [6.07, 6.45) is 11.8. The number of hydrogen-bond donors (Lipinski definition) is 3. The highest BCUT2D eigenvalue weighted by molar-refractivity contribution is 5.84. The van der Waals surface area contributed by atoms with Gasteiger partial charge in [-0.15, -0.1) is 0 Å². The standard InChI is InChI=1S/C40H51NO6/c1-39-17-15-28-26-9-5-24(19-22(26)3-7-30(28)32(39)11-13-35(39)42)46-37(44)21-34(41)38(45)47-25-6-10-27-23(20-25)4-8-31-29(27)16-18-40(2)33(31)12-14-36(40)43/h5-6,9-10,19-20,28-36,42-43H,3-4,7-8,11-18,21,41H2,1-2H3/t28?,29?,30?,31?,32?,33?,34?,35-,36-,39-,40-/m0/s1. The maximum absolute atomic E-state index is 12.9. The lowest BCUT2D eigenvalue weighted by atomic mass is 9.55. The lowest BCUT2D eigenvalue weighted by molar-refractivity contribution is -0.142. The van der Waals surface area contributed by atoms with Gasteiger partial charge in [0.05, 0.1) is 18.6 Å². The van der Waals surface area contributed by atoms with Crippen molar-refractivity contribution in [1.29, 1.82) is 0 Å². The van der Waals surface area contributed by atoms with Crippen molar-refractivity contribution in [3.63, 3.8) is 0 Å². The molecular formula is C40H51NO6.